The van der Waals surface area contributed by atoms with E-state index in [4.69, 9.17) is 4.42 Å². The fraction of sp³-hybridized carbons (Fsp3) is 0.312. The second-order valence-electron chi connectivity index (χ2n) is 4.69. The van der Waals surface area contributed by atoms with Crippen molar-refractivity contribution >= 4 is 0 Å². The number of benzene rings is 1. The number of nitrogens with one attached hydrogen (secondary N) is 1. The highest BCUT2D eigenvalue weighted by Gasteiger charge is 2.12. The van der Waals surface area contributed by atoms with Crippen LogP contribution in [0, 0.1) is 11.3 Å². The third-order valence-corrected chi connectivity index (χ3v) is 3.12. The van der Waals surface area contributed by atoms with E-state index in [1.807, 2.05) is 42.5 Å². The van der Waals surface area contributed by atoms with Crippen molar-refractivity contribution in [3.8, 4) is 6.07 Å². The normalized spacial score (nSPS) is 13.7. The van der Waals surface area contributed by atoms with Gasteiger partial charge in [0.05, 0.1) is 18.3 Å². The number of hydrogen-bond acceptors (Lipinski definition) is 3. The molecule has 1 aromatic heterocycles. The summed E-state index contributed by atoms with van der Waals surface area (Å²) in [6.07, 6.45) is 2.52. The summed E-state index contributed by atoms with van der Waals surface area (Å²) in [6.45, 7) is 2.75. The Hall–Kier alpha value is -2.05. The standard InChI is InChI=1S/C16H18N2O/c1-13(10-16-8-5-9-19-16)18-12-15(11-17)14-6-3-2-4-7-14/h2-9,13,15,18H,10,12H2,1H3. The van der Waals surface area contributed by atoms with E-state index in [1.165, 1.54) is 0 Å². The van der Waals surface area contributed by atoms with Gasteiger partial charge in [-0.3, -0.25) is 0 Å². The molecule has 19 heavy (non-hydrogen) atoms. The lowest BCUT2D eigenvalue weighted by Gasteiger charge is -2.15. The van der Waals surface area contributed by atoms with Crippen molar-refractivity contribution in [2.45, 2.75) is 25.3 Å². The van der Waals surface area contributed by atoms with Crippen LogP contribution >= 0.6 is 0 Å². The summed E-state index contributed by atoms with van der Waals surface area (Å²) >= 11 is 0. The zero-order valence-electron chi connectivity index (χ0n) is 11.0. The van der Waals surface area contributed by atoms with Gasteiger partial charge in [0.25, 0.3) is 0 Å². The highest BCUT2D eigenvalue weighted by Crippen LogP contribution is 2.13. The summed E-state index contributed by atoms with van der Waals surface area (Å²) in [4.78, 5) is 0. The summed E-state index contributed by atoms with van der Waals surface area (Å²) < 4.78 is 5.32. The van der Waals surface area contributed by atoms with Crippen LogP contribution < -0.4 is 5.32 Å². The fourth-order valence-electron chi connectivity index (χ4n) is 2.05. The van der Waals surface area contributed by atoms with Gasteiger partial charge in [0.2, 0.25) is 0 Å². The van der Waals surface area contributed by atoms with E-state index in [1.54, 1.807) is 6.26 Å². The Bertz CT molecular complexity index is 513. The van der Waals surface area contributed by atoms with Crippen molar-refractivity contribution in [2.24, 2.45) is 0 Å². The fourth-order valence-corrected chi connectivity index (χ4v) is 2.05. The van der Waals surface area contributed by atoms with Gasteiger partial charge in [0.15, 0.2) is 0 Å². The van der Waals surface area contributed by atoms with Gasteiger partial charge in [0, 0.05) is 19.0 Å². The highest BCUT2D eigenvalue weighted by molar-refractivity contribution is 5.25. The Kier molecular flexibility index (Phi) is 4.77. The smallest absolute Gasteiger partial charge is 0.105 e. The Balaban J connectivity index is 1.85. The third kappa shape index (κ3) is 3.97. The van der Waals surface area contributed by atoms with Crippen molar-refractivity contribution in [3.63, 3.8) is 0 Å². The van der Waals surface area contributed by atoms with E-state index >= 15 is 0 Å². The van der Waals surface area contributed by atoms with E-state index in [9.17, 15) is 5.26 Å². The van der Waals surface area contributed by atoms with Crippen molar-refractivity contribution in [1.29, 1.82) is 5.26 Å². The number of hydrogen-bond donors (Lipinski definition) is 1. The maximum atomic E-state index is 9.24. The van der Waals surface area contributed by atoms with Gasteiger partial charge >= 0.3 is 0 Å². The van der Waals surface area contributed by atoms with E-state index in [0.29, 0.717) is 6.54 Å². The summed E-state index contributed by atoms with van der Waals surface area (Å²) in [5.41, 5.74) is 1.06. The van der Waals surface area contributed by atoms with Crippen molar-refractivity contribution in [3.05, 3.63) is 60.1 Å². The first-order chi connectivity index (χ1) is 9.29. The molecule has 1 N–H and O–H groups in total. The minimum absolute atomic E-state index is 0.111. The third-order valence-electron chi connectivity index (χ3n) is 3.12. The first-order valence-electron chi connectivity index (χ1n) is 6.50. The molecule has 0 spiro atoms. The van der Waals surface area contributed by atoms with Crippen LogP contribution in [0.2, 0.25) is 0 Å². The first-order valence-corrected chi connectivity index (χ1v) is 6.50. The number of nitrogens with zero attached hydrogens (tertiary/aromatic N) is 1. The van der Waals surface area contributed by atoms with E-state index < -0.39 is 0 Å². The average Bonchev–Trinajstić information content (AvgIpc) is 2.93. The molecule has 1 aromatic carbocycles. The van der Waals surface area contributed by atoms with E-state index in [0.717, 1.165) is 17.7 Å². The topological polar surface area (TPSA) is 49.0 Å². The average molecular weight is 254 g/mol. The maximum absolute atomic E-state index is 9.24. The van der Waals surface area contributed by atoms with Gasteiger partial charge < -0.3 is 9.73 Å². The second kappa shape index (κ2) is 6.77. The Morgan fingerprint density at radius 2 is 2.00 bits per heavy atom. The van der Waals surface area contributed by atoms with Crippen LogP contribution in [-0.4, -0.2) is 12.6 Å². The molecule has 0 aliphatic rings. The molecule has 0 bridgehead atoms. The molecule has 98 valence electrons. The summed E-state index contributed by atoms with van der Waals surface area (Å²) in [5, 5.41) is 12.6. The van der Waals surface area contributed by atoms with E-state index in [-0.39, 0.29) is 12.0 Å². The molecule has 2 rings (SSSR count). The Morgan fingerprint density at radius 3 is 2.63 bits per heavy atom. The Morgan fingerprint density at radius 1 is 1.21 bits per heavy atom. The molecule has 0 radical (unpaired) electrons. The first kappa shape index (κ1) is 13.4. The molecule has 1 heterocycles. The lowest BCUT2D eigenvalue weighted by molar-refractivity contribution is 0.454. The van der Waals surface area contributed by atoms with Crippen LogP contribution in [0.15, 0.2) is 53.1 Å². The molecule has 0 amide bonds. The molecule has 0 aliphatic carbocycles. The molecule has 0 saturated heterocycles. The molecular formula is C16H18N2O. The highest BCUT2D eigenvalue weighted by atomic mass is 16.3. The molecule has 3 nitrogen and oxygen atoms in total. The van der Waals surface area contributed by atoms with Crippen molar-refractivity contribution < 1.29 is 4.42 Å². The number of furan rings is 1. The van der Waals surface area contributed by atoms with Crippen LogP contribution in [-0.2, 0) is 6.42 Å². The van der Waals surface area contributed by atoms with Crippen molar-refractivity contribution in [1.82, 2.24) is 5.32 Å². The largest absolute Gasteiger partial charge is 0.469 e. The molecule has 0 saturated carbocycles. The minimum Gasteiger partial charge on any atom is -0.469 e. The molecule has 2 aromatic rings. The molecule has 2 atom stereocenters. The lowest BCUT2D eigenvalue weighted by Crippen LogP contribution is -2.31. The Labute approximate surface area is 113 Å². The minimum atomic E-state index is -0.111. The zero-order chi connectivity index (χ0) is 13.5. The van der Waals surface area contributed by atoms with Crippen LogP contribution in [0.4, 0.5) is 0 Å². The second-order valence-corrected chi connectivity index (χ2v) is 4.69. The van der Waals surface area contributed by atoms with Crippen molar-refractivity contribution in [2.75, 3.05) is 6.54 Å². The van der Waals surface area contributed by atoms with Gasteiger partial charge in [-0.25, -0.2) is 0 Å². The predicted molar refractivity (Wildman–Crippen MR) is 74.7 cm³/mol. The van der Waals surface area contributed by atoms with Gasteiger partial charge in [0.1, 0.15) is 5.76 Å². The molecule has 0 aliphatic heterocycles. The molecular weight excluding hydrogens is 236 g/mol. The summed E-state index contributed by atoms with van der Waals surface area (Å²) in [7, 11) is 0. The van der Waals surface area contributed by atoms with Crippen LogP contribution in [0.3, 0.4) is 0 Å². The van der Waals surface area contributed by atoms with Gasteiger partial charge in [-0.15, -0.1) is 0 Å². The van der Waals surface area contributed by atoms with Gasteiger partial charge in [-0.2, -0.15) is 5.26 Å². The number of nitriles is 1. The summed E-state index contributed by atoms with van der Waals surface area (Å²) in [5.74, 6) is 0.855. The maximum Gasteiger partial charge on any atom is 0.105 e. The van der Waals surface area contributed by atoms with Crippen LogP contribution in [0.25, 0.3) is 0 Å². The van der Waals surface area contributed by atoms with Crippen LogP contribution in [0.5, 0.6) is 0 Å². The zero-order valence-corrected chi connectivity index (χ0v) is 11.0. The predicted octanol–water partition coefficient (Wildman–Crippen LogP) is 3.11. The van der Waals surface area contributed by atoms with Gasteiger partial charge in [-0.05, 0) is 24.6 Å². The quantitative estimate of drug-likeness (QED) is 0.861. The lowest BCUT2D eigenvalue weighted by atomic mass is 10.0. The number of rotatable bonds is 6. The van der Waals surface area contributed by atoms with Crippen LogP contribution in [0.1, 0.15) is 24.2 Å². The molecule has 2 unspecified atom stereocenters. The monoisotopic (exact) mass is 254 g/mol. The summed E-state index contributed by atoms with van der Waals surface area (Å²) in [6, 6.07) is 16.4. The van der Waals surface area contributed by atoms with Gasteiger partial charge in [-0.1, -0.05) is 30.3 Å². The van der Waals surface area contributed by atoms with E-state index in [2.05, 4.69) is 18.3 Å². The molecule has 3 heteroatoms. The molecule has 0 fully saturated rings. The SMILES string of the molecule is CC(Cc1ccco1)NCC(C#N)c1ccccc1.